The van der Waals surface area contributed by atoms with Crippen molar-refractivity contribution in [1.82, 2.24) is 9.78 Å². The second-order valence-electron chi connectivity index (χ2n) is 5.81. The van der Waals surface area contributed by atoms with Gasteiger partial charge in [-0.1, -0.05) is 53.5 Å². The van der Waals surface area contributed by atoms with Gasteiger partial charge < -0.3 is 0 Å². The molecule has 0 radical (unpaired) electrons. The van der Waals surface area contributed by atoms with E-state index in [2.05, 4.69) is 9.82 Å². The van der Waals surface area contributed by atoms with Crippen LogP contribution in [0.4, 0.5) is 5.69 Å². The Hall–Kier alpha value is -2.32. The van der Waals surface area contributed by atoms with Crippen LogP contribution in [0.2, 0.25) is 10.0 Å². The van der Waals surface area contributed by atoms with Crippen LogP contribution in [0.5, 0.6) is 0 Å². The molecule has 2 heterocycles. The topological polar surface area (TPSA) is 64.0 Å². The molecule has 28 heavy (non-hydrogen) atoms. The summed E-state index contributed by atoms with van der Waals surface area (Å²) >= 11 is 13.6. The van der Waals surface area contributed by atoms with Crippen molar-refractivity contribution in [2.75, 3.05) is 4.72 Å². The molecule has 0 spiro atoms. The molecule has 0 saturated heterocycles. The number of nitrogens with one attached hydrogen (secondary N) is 1. The molecule has 0 amide bonds. The van der Waals surface area contributed by atoms with E-state index in [-0.39, 0.29) is 20.6 Å². The van der Waals surface area contributed by atoms with E-state index in [1.807, 2.05) is 47.8 Å². The molecule has 0 bridgehead atoms. The highest BCUT2D eigenvalue weighted by Crippen LogP contribution is 2.34. The predicted molar refractivity (Wildman–Crippen MR) is 114 cm³/mol. The van der Waals surface area contributed by atoms with Gasteiger partial charge in [0, 0.05) is 0 Å². The lowest BCUT2D eigenvalue weighted by Crippen LogP contribution is -2.13. The van der Waals surface area contributed by atoms with Gasteiger partial charge >= 0.3 is 0 Å². The summed E-state index contributed by atoms with van der Waals surface area (Å²) in [6, 6.07) is 17.7. The number of para-hydroxylation sites is 1. The first kappa shape index (κ1) is 19.0. The van der Waals surface area contributed by atoms with Crippen molar-refractivity contribution in [1.29, 1.82) is 0 Å². The van der Waals surface area contributed by atoms with E-state index in [0.29, 0.717) is 5.69 Å². The fraction of sp³-hybridized carbons (Fsp3) is 0. The molecule has 0 unspecified atom stereocenters. The SMILES string of the molecule is O=S(=O)(Nc1cccc(Cl)c1Cl)c1cn(-c2ccccc2)nc1-c1cccs1. The molecule has 5 nitrogen and oxygen atoms in total. The Morgan fingerprint density at radius 3 is 2.46 bits per heavy atom. The van der Waals surface area contributed by atoms with Gasteiger partial charge in [0.05, 0.1) is 32.5 Å². The van der Waals surface area contributed by atoms with Crippen molar-refractivity contribution in [2.45, 2.75) is 4.90 Å². The maximum absolute atomic E-state index is 13.2. The fourth-order valence-corrected chi connectivity index (χ4v) is 5.04. The minimum Gasteiger partial charge on any atom is -0.278 e. The standard InChI is InChI=1S/C19H13Cl2N3O2S2/c20-14-8-4-9-15(18(14)21)23-28(25,26)17-12-24(13-6-2-1-3-7-13)22-19(17)16-10-5-11-27-16/h1-12,23H. The van der Waals surface area contributed by atoms with Gasteiger partial charge in [0.2, 0.25) is 0 Å². The minimum atomic E-state index is -3.97. The molecular formula is C19H13Cl2N3O2S2. The summed E-state index contributed by atoms with van der Waals surface area (Å²) < 4.78 is 30.4. The number of anilines is 1. The smallest absolute Gasteiger partial charge is 0.265 e. The number of aromatic nitrogens is 2. The van der Waals surface area contributed by atoms with Gasteiger partial charge in [0.15, 0.2) is 0 Å². The third-order valence-corrected chi connectivity index (χ3v) is 7.00. The number of halogens is 2. The Morgan fingerprint density at radius 1 is 0.964 bits per heavy atom. The fourth-order valence-electron chi connectivity index (χ4n) is 2.63. The molecule has 142 valence electrons. The molecule has 4 aromatic rings. The zero-order valence-electron chi connectivity index (χ0n) is 14.2. The average molecular weight is 450 g/mol. The van der Waals surface area contributed by atoms with Gasteiger partial charge in [-0.25, -0.2) is 13.1 Å². The third-order valence-electron chi connectivity index (χ3n) is 3.94. The molecule has 4 rings (SSSR count). The molecule has 0 atom stereocenters. The van der Waals surface area contributed by atoms with Crippen LogP contribution in [-0.2, 0) is 10.0 Å². The Kier molecular flexibility index (Phi) is 5.16. The van der Waals surface area contributed by atoms with E-state index < -0.39 is 10.0 Å². The Morgan fingerprint density at radius 2 is 1.75 bits per heavy atom. The number of nitrogens with zero attached hydrogens (tertiary/aromatic N) is 2. The molecular weight excluding hydrogens is 437 g/mol. The minimum absolute atomic E-state index is 0.0508. The largest absolute Gasteiger partial charge is 0.278 e. The van der Waals surface area contributed by atoms with Gasteiger partial charge in [-0.3, -0.25) is 4.72 Å². The van der Waals surface area contributed by atoms with Gasteiger partial charge in [-0.15, -0.1) is 11.3 Å². The van der Waals surface area contributed by atoms with Gasteiger partial charge in [0.25, 0.3) is 10.0 Å². The lowest BCUT2D eigenvalue weighted by molar-refractivity contribution is 0.601. The number of hydrogen-bond donors (Lipinski definition) is 1. The summed E-state index contributed by atoms with van der Waals surface area (Å²) in [6.45, 7) is 0. The van der Waals surface area contributed by atoms with E-state index in [1.165, 1.54) is 17.5 Å². The summed E-state index contributed by atoms with van der Waals surface area (Å²) in [4.78, 5) is 0.794. The van der Waals surface area contributed by atoms with Crippen LogP contribution in [0, 0.1) is 0 Å². The average Bonchev–Trinajstić information content (AvgIpc) is 3.36. The lowest BCUT2D eigenvalue weighted by atomic mass is 10.3. The third kappa shape index (κ3) is 3.66. The monoisotopic (exact) mass is 449 g/mol. The van der Waals surface area contributed by atoms with Crippen molar-refractivity contribution < 1.29 is 8.42 Å². The number of sulfonamides is 1. The second kappa shape index (κ2) is 7.60. The van der Waals surface area contributed by atoms with Crippen molar-refractivity contribution in [3.63, 3.8) is 0 Å². The van der Waals surface area contributed by atoms with E-state index in [9.17, 15) is 8.42 Å². The van der Waals surface area contributed by atoms with Crippen LogP contribution in [0.3, 0.4) is 0 Å². The molecule has 2 aromatic heterocycles. The highest BCUT2D eigenvalue weighted by molar-refractivity contribution is 7.92. The molecule has 9 heteroatoms. The summed E-state index contributed by atoms with van der Waals surface area (Å²) in [7, 11) is -3.97. The maximum atomic E-state index is 13.2. The molecule has 0 saturated carbocycles. The summed E-state index contributed by atoms with van der Waals surface area (Å²) in [5.74, 6) is 0. The van der Waals surface area contributed by atoms with Crippen LogP contribution >= 0.6 is 34.5 Å². The van der Waals surface area contributed by atoms with Gasteiger partial charge in [-0.05, 0) is 35.7 Å². The first-order valence-corrected chi connectivity index (χ1v) is 11.2. The second-order valence-corrected chi connectivity index (χ2v) is 9.19. The molecule has 1 N–H and O–H groups in total. The molecule has 0 fully saturated rings. The van der Waals surface area contributed by atoms with Crippen molar-refractivity contribution in [3.8, 4) is 16.3 Å². The van der Waals surface area contributed by atoms with Gasteiger partial charge in [0.1, 0.15) is 10.6 Å². The van der Waals surface area contributed by atoms with Crippen LogP contribution in [0.25, 0.3) is 16.3 Å². The summed E-state index contributed by atoms with van der Waals surface area (Å²) in [6.07, 6.45) is 1.49. The Labute approximate surface area is 176 Å². The molecule has 0 aliphatic carbocycles. The van der Waals surface area contributed by atoms with E-state index >= 15 is 0 Å². The molecule has 0 aliphatic rings. The quantitative estimate of drug-likeness (QED) is 0.424. The van der Waals surface area contributed by atoms with Crippen molar-refractivity contribution >= 4 is 50.2 Å². The predicted octanol–water partition coefficient (Wildman–Crippen LogP) is 5.71. The number of rotatable bonds is 5. The number of benzene rings is 2. The first-order chi connectivity index (χ1) is 13.5. The zero-order valence-corrected chi connectivity index (χ0v) is 17.4. The van der Waals surface area contributed by atoms with Crippen LogP contribution in [-0.4, -0.2) is 18.2 Å². The van der Waals surface area contributed by atoms with Gasteiger partial charge in [-0.2, -0.15) is 5.10 Å². The van der Waals surface area contributed by atoms with E-state index in [4.69, 9.17) is 23.2 Å². The highest BCUT2D eigenvalue weighted by atomic mass is 35.5. The van der Waals surface area contributed by atoms with E-state index in [1.54, 1.807) is 22.9 Å². The van der Waals surface area contributed by atoms with Crippen molar-refractivity contribution in [2.24, 2.45) is 0 Å². The number of hydrogen-bond acceptors (Lipinski definition) is 4. The molecule has 2 aromatic carbocycles. The maximum Gasteiger partial charge on any atom is 0.265 e. The summed E-state index contributed by atoms with van der Waals surface area (Å²) in [5, 5.41) is 6.79. The normalized spacial score (nSPS) is 11.5. The number of thiophene rings is 1. The van der Waals surface area contributed by atoms with Crippen molar-refractivity contribution in [3.05, 3.63) is 82.3 Å². The van der Waals surface area contributed by atoms with E-state index in [0.717, 1.165) is 10.6 Å². The van der Waals surface area contributed by atoms with Crippen LogP contribution in [0.1, 0.15) is 0 Å². The first-order valence-electron chi connectivity index (χ1n) is 8.11. The zero-order chi connectivity index (χ0) is 19.7. The highest BCUT2D eigenvalue weighted by Gasteiger charge is 2.25. The summed E-state index contributed by atoms with van der Waals surface area (Å²) in [5.41, 5.74) is 1.32. The van der Waals surface area contributed by atoms with Crippen LogP contribution < -0.4 is 4.72 Å². The van der Waals surface area contributed by atoms with Crippen LogP contribution in [0.15, 0.2) is 77.1 Å². The lowest BCUT2D eigenvalue weighted by Gasteiger charge is -2.10. The Balaban J connectivity index is 1.83. The molecule has 0 aliphatic heterocycles. The Bertz CT molecular complexity index is 1220.